The number of urea groups is 1. The van der Waals surface area contributed by atoms with Gasteiger partial charge >= 0.3 is 6.03 Å². The van der Waals surface area contributed by atoms with Gasteiger partial charge in [-0.3, -0.25) is 4.79 Å². The highest BCUT2D eigenvalue weighted by atomic mass is 35.5. The highest BCUT2D eigenvalue weighted by molar-refractivity contribution is 6.33. The van der Waals surface area contributed by atoms with Crippen molar-refractivity contribution in [2.24, 2.45) is 5.10 Å². The van der Waals surface area contributed by atoms with Crippen molar-refractivity contribution in [3.05, 3.63) is 70.7 Å². The topological polar surface area (TPSA) is 61.8 Å². The number of imide groups is 1. The van der Waals surface area contributed by atoms with Crippen molar-refractivity contribution < 1.29 is 9.59 Å². The van der Waals surface area contributed by atoms with Crippen molar-refractivity contribution in [3.63, 3.8) is 0 Å². The molecule has 1 aliphatic rings. The van der Waals surface area contributed by atoms with E-state index in [1.807, 2.05) is 18.2 Å². The quantitative estimate of drug-likeness (QED) is 0.695. The summed E-state index contributed by atoms with van der Waals surface area (Å²) < 4.78 is 0. The Labute approximate surface area is 138 Å². The van der Waals surface area contributed by atoms with E-state index >= 15 is 0 Å². The zero-order chi connectivity index (χ0) is 16.4. The van der Waals surface area contributed by atoms with Crippen molar-refractivity contribution in [1.82, 2.24) is 10.3 Å². The first-order chi connectivity index (χ1) is 11.0. The second-order valence-electron chi connectivity index (χ2n) is 5.30. The molecule has 3 amide bonds. The van der Waals surface area contributed by atoms with Crippen LogP contribution in [0.4, 0.5) is 4.79 Å². The maximum Gasteiger partial charge on any atom is 0.346 e. The smallest absolute Gasteiger partial charge is 0.318 e. The highest BCUT2D eigenvalue weighted by Gasteiger charge is 2.49. The fraction of sp³-hybridized carbons (Fsp3) is 0.118. The van der Waals surface area contributed by atoms with Crippen molar-refractivity contribution in [3.8, 4) is 0 Å². The second-order valence-corrected chi connectivity index (χ2v) is 5.71. The third-order valence-corrected chi connectivity index (χ3v) is 4.08. The number of carbonyl (C=O) groups is 2. The van der Waals surface area contributed by atoms with E-state index in [-0.39, 0.29) is 0 Å². The van der Waals surface area contributed by atoms with Gasteiger partial charge in [0.05, 0.1) is 6.21 Å². The highest BCUT2D eigenvalue weighted by Crippen LogP contribution is 2.28. The molecule has 1 atom stereocenters. The molecule has 1 heterocycles. The second kappa shape index (κ2) is 5.85. The molecule has 0 aromatic heterocycles. The number of carbonyl (C=O) groups excluding carboxylic acids is 2. The summed E-state index contributed by atoms with van der Waals surface area (Å²) in [6.45, 7) is 1.66. The SMILES string of the molecule is C[C@]1(c2ccccc2)NC(=O)N(/N=C\c2ccccc2Cl)C1=O. The molecule has 1 N–H and O–H groups in total. The standard InChI is InChI=1S/C17H14ClN3O2/c1-17(13-8-3-2-4-9-13)15(22)21(16(23)20-17)19-11-12-7-5-6-10-14(12)18/h2-11H,1H3,(H,20,23)/b19-11-/t17-/m1/s1. The molecule has 0 spiro atoms. The van der Waals surface area contributed by atoms with Crippen LogP contribution < -0.4 is 5.32 Å². The van der Waals surface area contributed by atoms with Crippen LogP contribution in [0.15, 0.2) is 59.7 Å². The monoisotopic (exact) mass is 327 g/mol. The van der Waals surface area contributed by atoms with Crippen LogP contribution in [0.3, 0.4) is 0 Å². The molecule has 2 aromatic carbocycles. The number of rotatable bonds is 3. The molecule has 0 bridgehead atoms. The minimum absolute atomic E-state index is 0.433. The number of benzene rings is 2. The van der Waals surface area contributed by atoms with Gasteiger partial charge in [-0.05, 0) is 18.6 Å². The molecule has 6 heteroatoms. The maximum absolute atomic E-state index is 12.6. The van der Waals surface area contributed by atoms with E-state index in [2.05, 4.69) is 10.4 Å². The molecule has 23 heavy (non-hydrogen) atoms. The lowest BCUT2D eigenvalue weighted by Crippen LogP contribution is -2.40. The minimum Gasteiger partial charge on any atom is -0.318 e. The van der Waals surface area contributed by atoms with Crippen LogP contribution in [0.25, 0.3) is 0 Å². The van der Waals surface area contributed by atoms with Crippen molar-refractivity contribution in [2.45, 2.75) is 12.5 Å². The molecule has 3 rings (SSSR count). The number of hydrogen-bond donors (Lipinski definition) is 1. The van der Waals surface area contributed by atoms with Gasteiger partial charge in [-0.2, -0.15) is 5.10 Å². The summed E-state index contributed by atoms with van der Waals surface area (Å²) in [6.07, 6.45) is 1.40. The molecule has 1 saturated heterocycles. The van der Waals surface area contributed by atoms with E-state index in [1.165, 1.54) is 6.21 Å². The van der Waals surface area contributed by atoms with E-state index in [0.717, 1.165) is 5.01 Å². The first-order valence-electron chi connectivity index (χ1n) is 7.03. The van der Waals surface area contributed by atoms with Gasteiger partial charge in [-0.1, -0.05) is 60.1 Å². The van der Waals surface area contributed by atoms with Gasteiger partial charge in [-0.15, -0.1) is 5.01 Å². The van der Waals surface area contributed by atoms with Crippen LogP contribution in [0.5, 0.6) is 0 Å². The van der Waals surface area contributed by atoms with Crippen LogP contribution in [0.1, 0.15) is 18.1 Å². The number of nitrogens with one attached hydrogen (secondary N) is 1. The van der Waals surface area contributed by atoms with E-state index in [0.29, 0.717) is 16.1 Å². The van der Waals surface area contributed by atoms with Gasteiger partial charge in [0.2, 0.25) is 0 Å². The average molecular weight is 328 g/mol. The number of hydrogen-bond acceptors (Lipinski definition) is 3. The summed E-state index contributed by atoms with van der Waals surface area (Å²) in [4.78, 5) is 24.8. The van der Waals surface area contributed by atoms with E-state index < -0.39 is 17.5 Å². The van der Waals surface area contributed by atoms with Crippen molar-refractivity contribution in [1.29, 1.82) is 0 Å². The molecular formula is C17H14ClN3O2. The molecule has 1 aliphatic heterocycles. The third-order valence-electron chi connectivity index (χ3n) is 3.74. The predicted molar refractivity (Wildman–Crippen MR) is 88.2 cm³/mol. The Morgan fingerprint density at radius 3 is 2.43 bits per heavy atom. The van der Waals surface area contributed by atoms with E-state index in [4.69, 9.17) is 11.6 Å². The number of nitrogens with zero attached hydrogens (tertiary/aromatic N) is 2. The summed E-state index contributed by atoms with van der Waals surface area (Å²) >= 11 is 6.04. The Morgan fingerprint density at radius 1 is 1.09 bits per heavy atom. The van der Waals surface area contributed by atoms with Crippen LogP contribution in [-0.2, 0) is 10.3 Å². The van der Waals surface area contributed by atoms with Gasteiger partial charge in [0.1, 0.15) is 5.54 Å². The molecular weight excluding hydrogens is 314 g/mol. The summed E-state index contributed by atoms with van der Waals surface area (Å²) in [6, 6.07) is 15.5. The van der Waals surface area contributed by atoms with Crippen LogP contribution in [-0.4, -0.2) is 23.2 Å². The molecule has 0 aliphatic carbocycles. The summed E-state index contributed by atoms with van der Waals surface area (Å²) in [5, 5.41) is 8.01. The fourth-order valence-corrected chi connectivity index (χ4v) is 2.58. The molecule has 5 nitrogen and oxygen atoms in total. The summed E-state index contributed by atoms with van der Waals surface area (Å²) in [7, 11) is 0. The van der Waals surface area contributed by atoms with Crippen LogP contribution in [0, 0.1) is 0 Å². The Balaban J connectivity index is 1.89. The normalized spacial score (nSPS) is 21.0. The number of amides is 3. The molecule has 1 fully saturated rings. The molecule has 0 unspecified atom stereocenters. The Hall–Kier alpha value is -2.66. The number of halogens is 1. The first-order valence-corrected chi connectivity index (χ1v) is 7.41. The zero-order valence-corrected chi connectivity index (χ0v) is 13.1. The molecule has 116 valence electrons. The lowest BCUT2D eigenvalue weighted by molar-refractivity contribution is -0.131. The Morgan fingerprint density at radius 2 is 1.74 bits per heavy atom. The Bertz CT molecular complexity index is 791. The third kappa shape index (κ3) is 2.71. The molecule has 0 saturated carbocycles. The first kappa shape index (κ1) is 15.2. The van der Waals surface area contributed by atoms with E-state index in [9.17, 15) is 9.59 Å². The average Bonchev–Trinajstić information content (AvgIpc) is 2.78. The minimum atomic E-state index is -1.13. The van der Waals surface area contributed by atoms with Crippen LogP contribution >= 0.6 is 11.6 Å². The van der Waals surface area contributed by atoms with Gasteiger partial charge in [0.15, 0.2) is 0 Å². The Kier molecular flexibility index (Phi) is 3.88. The fourth-order valence-electron chi connectivity index (χ4n) is 2.40. The number of hydrazone groups is 1. The summed E-state index contributed by atoms with van der Waals surface area (Å²) in [5.74, 6) is -0.433. The predicted octanol–water partition coefficient (Wildman–Crippen LogP) is 3.14. The van der Waals surface area contributed by atoms with E-state index in [1.54, 1.807) is 43.3 Å². The molecule has 0 radical (unpaired) electrons. The summed E-state index contributed by atoms with van der Waals surface area (Å²) in [5.41, 5.74) is 0.202. The van der Waals surface area contributed by atoms with Crippen molar-refractivity contribution in [2.75, 3.05) is 0 Å². The lowest BCUT2D eigenvalue weighted by atomic mass is 9.92. The lowest BCUT2D eigenvalue weighted by Gasteiger charge is -2.20. The zero-order valence-electron chi connectivity index (χ0n) is 12.4. The van der Waals surface area contributed by atoms with Crippen molar-refractivity contribution >= 4 is 29.8 Å². The van der Waals surface area contributed by atoms with Gasteiger partial charge in [-0.25, -0.2) is 4.79 Å². The van der Waals surface area contributed by atoms with Gasteiger partial charge in [0.25, 0.3) is 5.91 Å². The van der Waals surface area contributed by atoms with Gasteiger partial charge in [0, 0.05) is 10.6 Å². The maximum atomic E-state index is 12.6. The van der Waals surface area contributed by atoms with Gasteiger partial charge < -0.3 is 5.32 Å². The largest absolute Gasteiger partial charge is 0.346 e. The van der Waals surface area contributed by atoms with Crippen LogP contribution in [0.2, 0.25) is 5.02 Å². The molecule has 2 aromatic rings.